The molecule has 3 rings (SSSR count). The monoisotopic (exact) mass is 414 g/mol. The first-order valence-corrected chi connectivity index (χ1v) is 9.90. The first-order chi connectivity index (χ1) is 14.4. The second kappa shape index (κ2) is 9.66. The zero-order valence-electron chi connectivity index (χ0n) is 17.0. The Kier molecular flexibility index (Phi) is 6.99. The smallest absolute Gasteiger partial charge is 0.224 e. The van der Waals surface area contributed by atoms with Crippen molar-refractivity contribution < 1.29 is 24.6 Å². The number of carbonyl (C=O) groups excluding carboxylic acids is 1. The topological polar surface area (TPSA) is 120 Å². The number of hydrogen-bond donors (Lipinski definition) is 4. The van der Waals surface area contributed by atoms with Gasteiger partial charge in [-0.3, -0.25) is 4.79 Å². The Morgan fingerprint density at radius 3 is 2.27 bits per heavy atom. The number of fused-ring (bicyclic) bond motifs is 1. The van der Waals surface area contributed by atoms with Crippen LogP contribution in [0.5, 0.6) is 5.75 Å². The third-order valence-electron chi connectivity index (χ3n) is 5.16. The fraction of sp³-hybridized carbons (Fsp3) is 0.381. The summed E-state index contributed by atoms with van der Waals surface area (Å²) in [6, 6.07) is 12.3. The molecule has 0 unspecified atom stereocenters. The maximum absolute atomic E-state index is 12.4. The molecular weight excluding hydrogens is 386 g/mol. The molecule has 0 fully saturated rings. The Balaban J connectivity index is 1.64. The van der Waals surface area contributed by atoms with Crippen LogP contribution >= 0.6 is 0 Å². The minimum atomic E-state index is -0.148. The summed E-state index contributed by atoms with van der Waals surface area (Å²) >= 11 is 0. The van der Waals surface area contributed by atoms with Gasteiger partial charge < -0.3 is 25.1 Å². The second-order valence-electron chi connectivity index (χ2n) is 7.57. The van der Waals surface area contributed by atoms with Crippen LogP contribution in [0.3, 0.4) is 0 Å². The van der Waals surface area contributed by atoms with Crippen molar-refractivity contribution in [3.63, 3.8) is 0 Å². The molecule has 3 aromatic rings. The van der Waals surface area contributed by atoms with Crippen LogP contribution in [0.1, 0.15) is 5.56 Å². The van der Waals surface area contributed by atoms with Gasteiger partial charge in [-0.05, 0) is 29.8 Å². The maximum Gasteiger partial charge on any atom is 0.224 e. The lowest BCUT2D eigenvalue weighted by atomic mass is 10.1. The molecule has 30 heavy (non-hydrogen) atoms. The minimum Gasteiger partial charge on any atom is -0.506 e. The number of likely N-dealkylation sites (N-methyl/N-ethyl adjacent to an activating group) is 1. The number of phenols is 1. The van der Waals surface area contributed by atoms with Gasteiger partial charge >= 0.3 is 0 Å². The van der Waals surface area contributed by atoms with E-state index in [-0.39, 0.29) is 31.3 Å². The molecule has 160 valence electrons. The van der Waals surface area contributed by atoms with Gasteiger partial charge in [0.25, 0.3) is 0 Å². The zero-order chi connectivity index (χ0) is 21.6. The number of nitrogens with one attached hydrogen (secondary N) is 1. The largest absolute Gasteiger partial charge is 0.506 e. The number of benzene rings is 2. The summed E-state index contributed by atoms with van der Waals surface area (Å²) in [5.74, 6) is -0.120. The summed E-state index contributed by atoms with van der Waals surface area (Å²) < 4.78 is 0.481. The van der Waals surface area contributed by atoms with Crippen molar-refractivity contribution in [2.45, 2.75) is 6.42 Å². The van der Waals surface area contributed by atoms with E-state index in [2.05, 4.69) is 15.5 Å². The Morgan fingerprint density at radius 2 is 1.67 bits per heavy atom. The molecule has 1 aromatic heterocycles. The number of aromatic hydroxyl groups is 1. The predicted molar refractivity (Wildman–Crippen MR) is 112 cm³/mol. The highest BCUT2D eigenvalue weighted by Crippen LogP contribution is 2.23. The lowest BCUT2D eigenvalue weighted by molar-refractivity contribution is -0.908. The molecule has 9 heteroatoms. The van der Waals surface area contributed by atoms with Crippen LogP contribution in [0, 0.1) is 0 Å². The standard InChI is InChI=1S/C21H27N5O4/c1-26(10-12-27,11-13-28)9-8-22-21(30)15-16-6-7-20(29)19(14-16)25-23-17-4-2-3-5-18(17)24-25/h2-7,14,27-28H,8-13,15H2,1H3,(H-,22,29,30)/p+1. The van der Waals surface area contributed by atoms with Crippen LogP contribution in [0.2, 0.25) is 0 Å². The van der Waals surface area contributed by atoms with Crippen LogP contribution in [-0.4, -0.2) is 87.1 Å². The van der Waals surface area contributed by atoms with Gasteiger partial charge in [0.2, 0.25) is 5.91 Å². The first kappa shape index (κ1) is 21.7. The van der Waals surface area contributed by atoms with Gasteiger partial charge in [-0.15, -0.1) is 15.0 Å². The number of aromatic nitrogens is 3. The number of amides is 1. The molecule has 0 bridgehead atoms. The molecule has 0 radical (unpaired) electrons. The summed E-state index contributed by atoms with van der Waals surface area (Å²) in [4.78, 5) is 13.7. The van der Waals surface area contributed by atoms with Crippen molar-refractivity contribution in [3.8, 4) is 11.4 Å². The lowest BCUT2D eigenvalue weighted by Crippen LogP contribution is -2.51. The highest BCUT2D eigenvalue weighted by atomic mass is 16.3. The van der Waals surface area contributed by atoms with Gasteiger partial charge in [0.15, 0.2) is 0 Å². The van der Waals surface area contributed by atoms with Gasteiger partial charge in [-0.25, -0.2) is 0 Å². The molecule has 4 N–H and O–H groups in total. The Labute approximate surface area is 174 Å². The fourth-order valence-electron chi connectivity index (χ4n) is 3.34. The van der Waals surface area contributed by atoms with E-state index in [0.29, 0.717) is 47.4 Å². The molecule has 0 aliphatic heterocycles. The minimum absolute atomic E-state index is 0.0250. The van der Waals surface area contributed by atoms with E-state index >= 15 is 0 Å². The van der Waals surface area contributed by atoms with Crippen LogP contribution in [0.15, 0.2) is 42.5 Å². The van der Waals surface area contributed by atoms with Crippen molar-refractivity contribution >= 4 is 16.9 Å². The average molecular weight is 414 g/mol. The molecule has 0 atom stereocenters. The van der Waals surface area contributed by atoms with Gasteiger partial charge in [0.1, 0.15) is 35.6 Å². The predicted octanol–water partition coefficient (Wildman–Crippen LogP) is 0.216. The Bertz CT molecular complexity index is 965. The van der Waals surface area contributed by atoms with Gasteiger partial charge in [-0.2, -0.15) is 0 Å². The van der Waals surface area contributed by atoms with Gasteiger partial charge in [0.05, 0.1) is 39.8 Å². The summed E-state index contributed by atoms with van der Waals surface area (Å²) in [7, 11) is 1.94. The molecule has 0 aliphatic rings. The van der Waals surface area contributed by atoms with E-state index in [1.807, 2.05) is 31.3 Å². The van der Waals surface area contributed by atoms with Crippen molar-refractivity contribution in [2.75, 3.05) is 46.4 Å². The number of hydrogen-bond acceptors (Lipinski definition) is 6. The van der Waals surface area contributed by atoms with E-state index in [9.17, 15) is 20.1 Å². The average Bonchev–Trinajstić information content (AvgIpc) is 3.13. The van der Waals surface area contributed by atoms with Crippen LogP contribution < -0.4 is 5.32 Å². The van der Waals surface area contributed by atoms with Crippen molar-refractivity contribution in [1.29, 1.82) is 0 Å². The van der Waals surface area contributed by atoms with E-state index in [0.717, 1.165) is 5.56 Å². The molecule has 0 spiro atoms. The molecule has 0 aliphatic carbocycles. The highest BCUT2D eigenvalue weighted by Gasteiger charge is 2.20. The number of aliphatic hydroxyl groups excluding tert-OH is 2. The summed E-state index contributed by atoms with van der Waals surface area (Å²) in [5, 5.41) is 40.3. The molecule has 1 amide bonds. The van der Waals surface area contributed by atoms with Crippen molar-refractivity contribution in [3.05, 3.63) is 48.0 Å². The number of rotatable bonds is 10. The molecule has 1 heterocycles. The molecule has 0 saturated carbocycles. The van der Waals surface area contributed by atoms with Crippen molar-refractivity contribution in [1.82, 2.24) is 20.3 Å². The third-order valence-corrected chi connectivity index (χ3v) is 5.16. The van der Waals surface area contributed by atoms with Gasteiger partial charge in [0, 0.05) is 0 Å². The second-order valence-corrected chi connectivity index (χ2v) is 7.57. The Morgan fingerprint density at radius 1 is 1.03 bits per heavy atom. The zero-order valence-corrected chi connectivity index (χ0v) is 17.0. The first-order valence-electron chi connectivity index (χ1n) is 9.90. The number of carbonyl (C=O) groups is 1. The molecule has 0 saturated heterocycles. The molecule has 9 nitrogen and oxygen atoms in total. The van der Waals surface area contributed by atoms with E-state index in [1.54, 1.807) is 12.1 Å². The van der Waals surface area contributed by atoms with E-state index < -0.39 is 0 Å². The van der Waals surface area contributed by atoms with Crippen LogP contribution in [-0.2, 0) is 11.2 Å². The maximum atomic E-state index is 12.4. The fourth-order valence-corrected chi connectivity index (χ4v) is 3.34. The van der Waals surface area contributed by atoms with Crippen LogP contribution in [0.25, 0.3) is 16.7 Å². The lowest BCUT2D eigenvalue weighted by Gasteiger charge is -2.33. The summed E-state index contributed by atoms with van der Waals surface area (Å²) in [6.07, 6.45) is 0.151. The molecule has 2 aromatic carbocycles. The van der Waals surface area contributed by atoms with E-state index in [4.69, 9.17) is 0 Å². The number of phenolic OH excluding ortho intramolecular Hbond substituents is 1. The molecular formula is C21H28N5O4+. The summed E-state index contributed by atoms with van der Waals surface area (Å²) in [5.41, 5.74) is 2.57. The van der Waals surface area contributed by atoms with Crippen molar-refractivity contribution in [2.24, 2.45) is 0 Å². The number of quaternary nitrogens is 1. The quantitative estimate of drug-likeness (QED) is 0.352. The summed E-state index contributed by atoms with van der Waals surface area (Å²) in [6.45, 7) is 2.13. The number of aliphatic hydroxyl groups is 2. The highest BCUT2D eigenvalue weighted by molar-refractivity contribution is 5.79. The number of nitrogens with zero attached hydrogens (tertiary/aromatic N) is 4. The van der Waals surface area contributed by atoms with E-state index in [1.165, 1.54) is 10.9 Å². The SMILES string of the molecule is C[N+](CCO)(CCO)CCNC(=O)Cc1ccc(O)c(-n2nc3ccccc3n2)c1. The van der Waals surface area contributed by atoms with Crippen LogP contribution in [0.4, 0.5) is 0 Å². The Hall–Kier alpha value is -3.01. The normalized spacial score (nSPS) is 11.7. The third kappa shape index (κ3) is 5.32. The van der Waals surface area contributed by atoms with Gasteiger partial charge in [-0.1, -0.05) is 18.2 Å².